The highest BCUT2D eigenvalue weighted by atomic mass is 15.2. The van der Waals surface area contributed by atoms with E-state index >= 15 is 0 Å². The standard InChI is InChI=1S/C20H32N4/c1-16(2)7-8-17(3)23-20(21-4)22-15-18-9-11-19(12-10-18)24-13-5-6-14-24/h5-6,9-12,16-17H,7-8,13-15H2,1-4H3,(H2,21,22,23). The molecule has 0 saturated carbocycles. The highest BCUT2D eigenvalue weighted by Crippen LogP contribution is 2.17. The zero-order valence-electron chi connectivity index (χ0n) is 15.5. The van der Waals surface area contributed by atoms with Crippen molar-refractivity contribution < 1.29 is 0 Å². The minimum absolute atomic E-state index is 0.434. The van der Waals surface area contributed by atoms with Gasteiger partial charge in [0.1, 0.15) is 0 Å². The van der Waals surface area contributed by atoms with Crippen LogP contribution in [0.25, 0.3) is 0 Å². The van der Waals surface area contributed by atoms with Crippen LogP contribution >= 0.6 is 0 Å². The van der Waals surface area contributed by atoms with Gasteiger partial charge in [-0.1, -0.05) is 38.1 Å². The van der Waals surface area contributed by atoms with Crippen molar-refractivity contribution in [2.24, 2.45) is 10.9 Å². The molecule has 0 aromatic heterocycles. The van der Waals surface area contributed by atoms with Crippen LogP contribution < -0.4 is 15.5 Å². The summed E-state index contributed by atoms with van der Waals surface area (Å²) in [5.74, 6) is 1.62. The van der Waals surface area contributed by atoms with E-state index in [2.05, 4.69) is 77.7 Å². The highest BCUT2D eigenvalue weighted by Gasteiger charge is 2.08. The summed E-state index contributed by atoms with van der Waals surface area (Å²) >= 11 is 0. The fraction of sp³-hybridized carbons (Fsp3) is 0.550. The lowest BCUT2D eigenvalue weighted by Crippen LogP contribution is -2.41. The molecule has 2 rings (SSSR count). The molecular weight excluding hydrogens is 296 g/mol. The van der Waals surface area contributed by atoms with Gasteiger partial charge in [0.05, 0.1) is 0 Å². The second-order valence-electron chi connectivity index (χ2n) is 6.99. The van der Waals surface area contributed by atoms with Crippen LogP contribution in [0, 0.1) is 5.92 Å². The quantitative estimate of drug-likeness (QED) is 0.457. The van der Waals surface area contributed by atoms with Crippen LogP contribution in [0.3, 0.4) is 0 Å². The number of rotatable bonds is 7. The summed E-state index contributed by atoms with van der Waals surface area (Å²) in [6, 6.07) is 9.21. The van der Waals surface area contributed by atoms with E-state index in [9.17, 15) is 0 Å². The molecule has 0 fully saturated rings. The third-order valence-electron chi connectivity index (χ3n) is 4.36. The Balaban J connectivity index is 1.78. The molecule has 1 unspecified atom stereocenters. The van der Waals surface area contributed by atoms with Crippen molar-refractivity contribution in [2.75, 3.05) is 25.0 Å². The Morgan fingerprint density at radius 3 is 2.33 bits per heavy atom. The lowest BCUT2D eigenvalue weighted by molar-refractivity contribution is 0.489. The fourth-order valence-corrected chi connectivity index (χ4v) is 2.78. The first-order valence-corrected chi connectivity index (χ1v) is 9.04. The minimum Gasteiger partial charge on any atom is -0.364 e. The summed E-state index contributed by atoms with van der Waals surface area (Å²) in [5, 5.41) is 6.88. The molecule has 132 valence electrons. The molecule has 4 nitrogen and oxygen atoms in total. The summed E-state index contributed by atoms with van der Waals surface area (Å²) in [6.45, 7) is 9.57. The summed E-state index contributed by atoms with van der Waals surface area (Å²) in [6.07, 6.45) is 6.83. The van der Waals surface area contributed by atoms with Crippen LogP contribution in [0.15, 0.2) is 41.4 Å². The van der Waals surface area contributed by atoms with Crippen LogP contribution in [0.2, 0.25) is 0 Å². The second-order valence-corrected chi connectivity index (χ2v) is 6.99. The third kappa shape index (κ3) is 5.91. The molecule has 1 aromatic carbocycles. The van der Waals surface area contributed by atoms with Gasteiger partial charge in [-0.15, -0.1) is 0 Å². The molecule has 0 bridgehead atoms. The zero-order chi connectivity index (χ0) is 17.4. The smallest absolute Gasteiger partial charge is 0.191 e. The minimum atomic E-state index is 0.434. The number of hydrogen-bond donors (Lipinski definition) is 2. The Bertz CT molecular complexity index is 537. The van der Waals surface area contributed by atoms with E-state index < -0.39 is 0 Å². The largest absolute Gasteiger partial charge is 0.364 e. The van der Waals surface area contributed by atoms with E-state index in [0.29, 0.717) is 6.04 Å². The number of nitrogens with one attached hydrogen (secondary N) is 2. The van der Waals surface area contributed by atoms with Crippen molar-refractivity contribution in [2.45, 2.75) is 46.2 Å². The van der Waals surface area contributed by atoms with Gasteiger partial charge in [-0.05, 0) is 43.4 Å². The molecule has 0 amide bonds. The average Bonchev–Trinajstić information content (AvgIpc) is 3.11. The number of hydrogen-bond acceptors (Lipinski definition) is 2. The molecular formula is C20H32N4. The third-order valence-corrected chi connectivity index (χ3v) is 4.36. The summed E-state index contributed by atoms with van der Waals surface area (Å²) < 4.78 is 0. The number of nitrogens with zero attached hydrogens (tertiary/aromatic N) is 2. The van der Waals surface area contributed by atoms with Crippen molar-refractivity contribution >= 4 is 11.6 Å². The van der Waals surface area contributed by atoms with Crippen LogP contribution in [-0.4, -0.2) is 32.1 Å². The predicted molar refractivity (Wildman–Crippen MR) is 105 cm³/mol. The lowest BCUT2D eigenvalue weighted by atomic mass is 10.0. The van der Waals surface area contributed by atoms with Gasteiger partial charge in [0.2, 0.25) is 0 Å². The number of aliphatic imine (C=N–C) groups is 1. The second kappa shape index (κ2) is 9.36. The summed E-state index contributed by atoms with van der Waals surface area (Å²) in [7, 11) is 1.83. The van der Waals surface area contributed by atoms with Gasteiger partial charge in [-0.25, -0.2) is 0 Å². The number of anilines is 1. The Labute approximate surface area is 147 Å². The molecule has 1 atom stereocenters. The van der Waals surface area contributed by atoms with E-state index in [-0.39, 0.29) is 0 Å². The zero-order valence-corrected chi connectivity index (χ0v) is 15.5. The van der Waals surface area contributed by atoms with Gasteiger partial charge >= 0.3 is 0 Å². The maximum absolute atomic E-state index is 4.33. The van der Waals surface area contributed by atoms with E-state index in [0.717, 1.165) is 37.9 Å². The lowest BCUT2D eigenvalue weighted by Gasteiger charge is -2.20. The molecule has 2 N–H and O–H groups in total. The number of benzene rings is 1. The Morgan fingerprint density at radius 2 is 1.75 bits per heavy atom. The first kappa shape index (κ1) is 18.4. The van der Waals surface area contributed by atoms with Crippen molar-refractivity contribution in [1.29, 1.82) is 0 Å². The fourth-order valence-electron chi connectivity index (χ4n) is 2.78. The molecule has 0 saturated heterocycles. The Morgan fingerprint density at radius 1 is 1.08 bits per heavy atom. The Kier molecular flexibility index (Phi) is 7.16. The maximum Gasteiger partial charge on any atom is 0.191 e. The van der Waals surface area contributed by atoms with Crippen LogP contribution in [0.5, 0.6) is 0 Å². The van der Waals surface area contributed by atoms with E-state index in [1.165, 1.54) is 17.7 Å². The summed E-state index contributed by atoms with van der Waals surface area (Å²) in [5.41, 5.74) is 2.55. The van der Waals surface area contributed by atoms with Crippen molar-refractivity contribution in [3.8, 4) is 0 Å². The van der Waals surface area contributed by atoms with Crippen molar-refractivity contribution in [1.82, 2.24) is 10.6 Å². The molecule has 0 aliphatic carbocycles. The summed E-state index contributed by atoms with van der Waals surface area (Å²) in [4.78, 5) is 6.68. The molecule has 0 radical (unpaired) electrons. The maximum atomic E-state index is 4.33. The van der Waals surface area contributed by atoms with Gasteiger partial charge in [0.15, 0.2) is 5.96 Å². The predicted octanol–water partition coefficient (Wildman–Crippen LogP) is 3.55. The molecule has 1 aliphatic heterocycles. The molecule has 0 spiro atoms. The SMILES string of the molecule is CN=C(NCc1ccc(N2CC=CC2)cc1)NC(C)CCC(C)C. The van der Waals surface area contributed by atoms with Gasteiger partial charge in [0.25, 0.3) is 0 Å². The van der Waals surface area contributed by atoms with Gasteiger partial charge in [0, 0.05) is 38.4 Å². The molecule has 1 heterocycles. The Hall–Kier alpha value is -1.97. The van der Waals surface area contributed by atoms with Crippen LogP contribution in [0.1, 0.15) is 39.2 Å². The van der Waals surface area contributed by atoms with E-state index in [1.54, 1.807) is 0 Å². The average molecular weight is 329 g/mol. The molecule has 1 aromatic rings. The van der Waals surface area contributed by atoms with Crippen molar-refractivity contribution in [3.05, 3.63) is 42.0 Å². The first-order chi connectivity index (χ1) is 11.6. The van der Waals surface area contributed by atoms with Gasteiger partial charge in [-0.2, -0.15) is 0 Å². The normalized spacial score (nSPS) is 15.9. The van der Waals surface area contributed by atoms with E-state index in [4.69, 9.17) is 0 Å². The molecule has 1 aliphatic rings. The van der Waals surface area contributed by atoms with Gasteiger partial charge in [-0.3, -0.25) is 4.99 Å². The topological polar surface area (TPSA) is 39.7 Å². The molecule has 24 heavy (non-hydrogen) atoms. The highest BCUT2D eigenvalue weighted by molar-refractivity contribution is 5.79. The monoisotopic (exact) mass is 328 g/mol. The van der Waals surface area contributed by atoms with Gasteiger partial charge < -0.3 is 15.5 Å². The molecule has 4 heteroatoms. The first-order valence-electron chi connectivity index (χ1n) is 9.04. The van der Waals surface area contributed by atoms with E-state index in [1.807, 2.05) is 7.05 Å². The van der Waals surface area contributed by atoms with Crippen LogP contribution in [-0.2, 0) is 6.54 Å². The number of guanidine groups is 1. The van der Waals surface area contributed by atoms with Crippen molar-refractivity contribution in [3.63, 3.8) is 0 Å². The van der Waals surface area contributed by atoms with Crippen LogP contribution in [0.4, 0.5) is 5.69 Å².